The highest BCUT2D eigenvalue weighted by Crippen LogP contribution is 2.94. The minimum Gasteiger partial charge on any atom is -0.364 e. The molecule has 12 nitrogen and oxygen atoms in total. The number of amides is 2. The standard InChI is InChI=1S/C31H34N10O2S2/c1-18-25(45-19(2)38-18)22-13-44-24(39-22)12-35-23-6-5-20(9-34-23)27(43)41-30-14-29(30)15-31(29,41)17-40(16-30)28-36-10-21(11-37-28)26(42)33-8-4-3-7-32/h5-6,9-11,13H,3-4,7-8,12,14-17,32H2,1-2H3,(H,33,42)(H,34,35)/t29?,30-,31+. The number of nitrogens with one attached hydrogen (secondary N) is 2. The first-order valence-corrected chi connectivity index (χ1v) is 17.0. The van der Waals surface area contributed by atoms with Crippen LogP contribution in [0.5, 0.6) is 0 Å². The zero-order valence-electron chi connectivity index (χ0n) is 25.2. The molecule has 0 radical (unpaired) electrons. The first kappa shape index (κ1) is 28.5. The normalized spacial score (nSPS) is 25.2. The summed E-state index contributed by atoms with van der Waals surface area (Å²) in [5.41, 5.74) is 8.46. The van der Waals surface area contributed by atoms with Crippen LogP contribution < -0.4 is 21.3 Å². The van der Waals surface area contributed by atoms with Gasteiger partial charge in [0, 0.05) is 49.0 Å². The topological polar surface area (TPSA) is 155 Å². The van der Waals surface area contributed by atoms with E-state index in [9.17, 15) is 9.59 Å². The molecule has 14 heteroatoms. The van der Waals surface area contributed by atoms with E-state index in [1.54, 1.807) is 41.3 Å². The average molecular weight is 643 g/mol. The fourth-order valence-electron chi connectivity index (χ4n) is 7.81. The number of anilines is 2. The number of piperidine rings is 2. The minimum atomic E-state index is -0.179. The lowest BCUT2D eigenvalue weighted by atomic mass is 9.86. The SMILES string of the molecule is Cc1nc(C)c(-c2csc(CNc3ccc(C(=O)N4[C@@]56CN(c7ncc(C(=O)NCCCCN)cn7)C[C@@]47CC57C6)cn3)n2)s1. The van der Waals surface area contributed by atoms with Crippen molar-refractivity contribution in [1.29, 1.82) is 0 Å². The Morgan fingerprint density at radius 2 is 1.76 bits per heavy atom. The lowest BCUT2D eigenvalue weighted by molar-refractivity contribution is -0.00361. The number of thiazole rings is 2. The average Bonchev–Trinajstić information content (AvgIpc) is 3.57. The summed E-state index contributed by atoms with van der Waals surface area (Å²) in [4.78, 5) is 54.5. The second-order valence-electron chi connectivity index (χ2n) is 12.6. The molecular weight excluding hydrogens is 609 g/mol. The summed E-state index contributed by atoms with van der Waals surface area (Å²) in [6.45, 7) is 7.18. The first-order valence-electron chi connectivity index (χ1n) is 15.3. The zero-order valence-corrected chi connectivity index (χ0v) is 26.8. The van der Waals surface area contributed by atoms with Gasteiger partial charge < -0.3 is 26.2 Å². The molecule has 7 heterocycles. The van der Waals surface area contributed by atoms with Crippen LogP contribution >= 0.6 is 22.7 Å². The number of aryl methyl sites for hydroxylation is 2. The molecule has 3 spiro atoms. The third-order valence-electron chi connectivity index (χ3n) is 9.90. The van der Waals surface area contributed by atoms with Crippen molar-refractivity contribution in [3.63, 3.8) is 0 Å². The minimum absolute atomic E-state index is 0.0432. The summed E-state index contributed by atoms with van der Waals surface area (Å²) in [6, 6.07) is 3.73. The molecule has 2 amide bonds. The largest absolute Gasteiger partial charge is 0.364 e. The molecule has 9 rings (SSSR count). The van der Waals surface area contributed by atoms with Gasteiger partial charge in [0.15, 0.2) is 0 Å². The number of rotatable bonds is 11. The van der Waals surface area contributed by atoms with Gasteiger partial charge in [-0.25, -0.2) is 24.9 Å². The lowest BCUT2D eigenvalue weighted by Crippen LogP contribution is -2.72. The summed E-state index contributed by atoms with van der Waals surface area (Å²) in [7, 11) is 0. The molecule has 45 heavy (non-hydrogen) atoms. The van der Waals surface area contributed by atoms with Crippen LogP contribution in [0.25, 0.3) is 10.6 Å². The molecule has 3 atom stereocenters. The number of nitrogens with two attached hydrogens (primary N) is 1. The van der Waals surface area contributed by atoms with Crippen LogP contribution in [0.1, 0.15) is 62.1 Å². The van der Waals surface area contributed by atoms with Crippen LogP contribution in [0, 0.1) is 19.3 Å². The molecule has 2 bridgehead atoms. The highest BCUT2D eigenvalue weighted by atomic mass is 32.1. The Morgan fingerprint density at radius 3 is 2.42 bits per heavy atom. The molecule has 3 saturated heterocycles. The Balaban J connectivity index is 0.888. The quantitative estimate of drug-likeness (QED) is 0.207. The Hall–Kier alpha value is -4.01. The Bertz CT molecular complexity index is 1780. The molecular formula is C31H34N10O2S2. The van der Waals surface area contributed by atoms with Crippen LogP contribution in [-0.2, 0) is 6.54 Å². The number of nitrogens with zero attached hydrogens (tertiary/aromatic N) is 7. The van der Waals surface area contributed by atoms with Gasteiger partial charge in [0.1, 0.15) is 10.8 Å². The van der Waals surface area contributed by atoms with Crippen LogP contribution in [-0.4, -0.2) is 78.9 Å². The predicted molar refractivity (Wildman–Crippen MR) is 172 cm³/mol. The predicted octanol–water partition coefficient (Wildman–Crippen LogP) is 3.40. The molecule has 232 valence electrons. The Kier molecular flexibility index (Phi) is 6.49. The molecule has 4 aromatic heterocycles. The second kappa shape index (κ2) is 10.3. The number of aromatic nitrogens is 5. The third kappa shape index (κ3) is 4.29. The molecule has 3 aliphatic heterocycles. The summed E-state index contributed by atoms with van der Waals surface area (Å²) in [6.07, 6.45) is 8.61. The van der Waals surface area contributed by atoms with Crippen LogP contribution in [0.2, 0.25) is 0 Å². The van der Waals surface area contributed by atoms with Gasteiger partial charge in [0.2, 0.25) is 5.95 Å². The van der Waals surface area contributed by atoms with E-state index in [0.29, 0.717) is 55.6 Å². The van der Waals surface area contributed by atoms with E-state index >= 15 is 0 Å². The maximum atomic E-state index is 13.8. The van der Waals surface area contributed by atoms with Crippen LogP contribution in [0.3, 0.4) is 0 Å². The van der Waals surface area contributed by atoms with Gasteiger partial charge >= 0.3 is 0 Å². The van der Waals surface area contributed by atoms with Crippen molar-refractivity contribution in [3.05, 3.63) is 62.9 Å². The van der Waals surface area contributed by atoms with Crippen molar-refractivity contribution in [3.8, 4) is 10.6 Å². The number of pyridine rings is 1. The van der Waals surface area contributed by atoms with Crippen molar-refractivity contribution in [1.82, 2.24) is 35.1 Å². The van der Waals surface area contributed by atoms with E-state index in [1.165, 1.54) is 0 Å². The fraction of sp³-hybridized carbons (Fsp3) is 0.452. The molecule has 2 aliphatic carbocycles. The number of fused-ring (bicyclic) bond motifs is 2. The highest BCUT2D eigenvalue weighted by molar-refractivity contribution is 7.16. The van der Waals surface area contributed by atoms with Gasteiger partial charge in [-0.1, -0.05) is 0 Å². The fourth-order valence-corrected chi connectivity index (χ4v) is 9.49. The summed E-state index contributed by atoms with van der Waals surface area (Å²) >= 11 is 3.27. The number of carbonyl (C=O) groups excluding carboxylic acids is 2. The monoisotopic (exact) mass is 642 g/mol. The van der Waals surface area contributed by atoms with Gasteiger partial charge in [-0.3, -0.25) is 9.59 Å². The van der Waals surface area contributed by atoms with Crippen molar-refractivity contribution in [2.24, 2.45) is 11.1 Å². The number of hydrogen-bond acceptors (Lipinski definition) is 12. The van der Waals surface area contributed by atoms with Gasteiger partial charge in [0.25, 0.3) is 11.8 Å². The maximum absolute atomic E-state index is 13.8. The Labute approximate surface area is 268 Å². The van der Waals surface area contributed by atoms with Gasteiger partial charge in [-0.2, -0.15) is 0 Å². The van der Waals surface area contributed by atoms with Crippen molar-refractivity contribution >= 4 is 46.3 Å². The van der Waals surface area contributed by atoms with E-state index < -0.39 is 0 Å². The van der Waals surface area contributed by atoms with Crippen molar-refractivity contribution in [2.75, 3.05) is 36.4 Å². The number of carbonyl (C=O) groups is 2. The van der Waals surface area contributed by atoms with Gasteiger partial charge in [-0.15, -0.1) is 22.7 Å². The number of piperazine rings is 1. The third-order valence-corrected chi connectivity index (χ3v) is 11.8. The van der Waals surface area contributed by atoms with E-state index in [0.717, 1.165) is 52.0 Å². The summed E-state index contributed by atoms with van der Waals surface area (Å²) < 4.78 is 0. The van der Waals surface area contributed by atoms with Crippen LogP contribution in [0.15, 0.2) is 36.1 Å². The van der Waals surface area contributed by atoms with E-state index in [-0.39, 0.29) is 28.3 Å². The summed E-state index contributed by atoms with van der Waals surface area (Å²) in [5.74, 6) is 1.18. The zero-order chi connectivity index (χ0) is 31.0. The van der Waals surface area contributed by atoms with E-state index in [1.807, 2.05) is 26.0 Å². The van der Waals surface area contributed by atoms with Crippen molar-refractivity contribution in [2.45, 2.75) is 57.2 Å². The molecule has 4 aromatic rings. The first-order chi connectivity index (χ1) is 21.8. The Morgan fingerprint density at radius 1 is 1.00 bits per heavy atom. The maximum Gasteiger partial charge on any atom is 0.256 e. The number of hydrogen-bond donors (Lipinski definition) is 3. The molecule has 4 N–H and O–H groups in total. The molecule has 0 aromatic carbocycles. The molecule has 5 aliphatic rings. The van der Waals surface area contributed by atoms with Crippen molar-refractivity contribution < 1.29 is 9.59 Å². The van der Waals surface area contributed by atoms with Gasteiger partial charge in [0.05, 0.1) is 50.0 Å². The van der Waals surface area contributed by atoms with E-state index in [2.05, 4.69) is 45.7 Å². The smallest absolute Gasteiger partial charge is 0.256 e. The molecule has 5 fully saturated rings. The van der Waals surface area contributed by atoms with E-state index in [4.69, 9.17) is 10.7 Å². The molecule has 2 saturated carbocycles. The highest BCUT2D eigenvalue weighted by Gasteiger charge is 3.03. The second-order valence-corrected chi connectivity index (χ2v) is 14.7. The summed E-state index contributed by atoms with van der Waals surface area (Å²) in [5, 5.41) is 10.3. The lowest BCUT2D eigenvalue weighted by Gasteiger charge is -2.56. The van der Waals surface area contributed by atoms with Gasteiger partial charge in [-0.05, 0) is 58.2 Å². The number of unbranched alkanes of at least 4 members (excludes halogenated alkanes) is 1. The molecule has 1 unspecified atom stereocenters. The van der Waals surface area contributed by atoms with Crippen LogP contribution in [0.4, 0.5) is 11.8 Å².